The van der Waals surface area contributed by atoms with Gasteiger partial charge in [-0.1, -0.05) is 43.0 Å². The van der Waals surface area contributed by atoms with Crippen LogP contribution in [0, 0.1) is 0 Å². The standard InChI is InChI=1S/C14H16Cl2O2.Na/c15-12-8-10(13(16)14(17)18)6-7-11(12)9-4-2-1-3-5-9;/h6-9,13H,1-5H2,(H,17,18);/q;+1/p-1. The number of halogens is 2. The van der Waals surface area contributed by atoms with Crippen molar-refractivity contribution in [3.05, 3.63) is 34.3 Å². The molecule has 0 bridgehead atoms. The predicted octanol–water partition coefficient (Wildman–Crippen LogP) is 0.421. The maximum absolute atomic E-state index is 10.7. The molecule has 1 saturated carbocycles. The fourth-order valence-corrected chi connectivity index (χ4v) is 3.06. The number of carboxylic acids is 1. The van der Waals surface area contributed by atoms with Crippen LogP contribution in [0.15, 0.2) is 18.2 Å². The molecule has 0 aromatic heterocycles. The quantitative estimate of drug-likeness (QED) is 0.600. The third-order valence-corrected chi connectivity index (χ3v) is 4.33. The molecule has 0 aliphatic heterocycles. The number of carbonyl (C=O) groups is 1. The summed E-state index contributed by atoms with van der Waals surface area (Å²) >= 11 is 12.0. The molecule has 2 nitrogen and oxygen atoms in total. The topological polar surface area (TPSA) is 40.1 Å². The molecule has 1 aromatic carbocycles. The van der Waals surface area contributed by atoms with Crippen LogP contribution < -0.4 is 34.7 Å². The fourth-order valence-electron chi connectivity index (χ4n) is 2.58. The van der Waals surface area contributed by atoms with Crippen molar-refractivity contribution in [1.82, 2.24) is 0 Å². The zero-order valence-electron chi connectivity index (χ0n) is 11.0. The van der Waals surface area contributed by atoms with Gasteiger partial charge in [-0.05, 0) is 36.0 Å². The van der Waals surface area contributed by atoms with Crippen LogP contribution in [-0.2, 0) is 4.79 Å². The predicted molar refractivity (Wildman–Crippen MR) is 70.9 cm³/mol. The third-order valence-electron chi connectivity index (χ3n) is 3.57. The van der Waals surface area contributed by atoms with Crippen molar-refractivity contribution in [1.29, 1.82) is 0 Å². The average molecular weight is 309 g/mol. The van der Waals surface area contributed by atoms with E-state index < -0.39 is 11.3 Å². The third kappa shape index (κ3) is 4.37. The van der Waals surface area contributed by atoms with E-state index in [1.54, 1.807) is 12.1 Å². The van der Waals surface area contributed by atoms with Gasteiger partial charge < -0.3 is 9.90 Å². The van der Waals surface area contributed by atoms with Gasteiger partial charge in [-0.3, -0.25) is 0 Å². The molecule has 1 unspecified atom stereocenters. The molecular weight excluding hydrogens is 294 g/mol. The summed E-state index contributed by atoms with van der Waals surface area (Å²) in [6.45, 7) is 0. The molecule has 0 amide bonds. The Bertz CT molecular complexity index is 445. The number of hydrogen-bond acceptors (Lipinski definition) is 2. The van der Waals surface area contributed by atoms with E-state index in [4.69, 9.17) is 23.2 Å². The van der Waals surface area contributed by atoms with Crippen LogP contribution >= 0.6 is 23.2 Å². The SMILES string of the molecule is O=C([O-])C(Cl)c1ccc(C2CCCCC2)c(Cl)c1.[Na+]. The molecule has 0 saturated heterocycles. The molecule has 0 spiro atoms. The van der Waals surface area contributed by atoms with Crippen LogP contribution in [-0.4, -0.2) is 5.97 Å². The summed E-state index contributed by atoms with van der Waals surface area (Å²) in [4.78, 5) is 10.7. The molecule has 19 heavy (non-hydrogen) atoms. The zero-order valence-corrected chi connectivity index (χ0v) is 14.5. The van der Waals surface area contributed by atoms with Gasteiger partial charge in [-0.25, -0.2) is 0 Å². The molecule has 1 aliphatic rings. The van der Waals surface area contributed by atoms with E-state index in [1.807, 2.05) is 6.07 Å². The molecule has 1 fully saturated rings. The molecule has 0 heterocycles. The molecule has 1 aromatic rings. The van der Waals surface area contributed by atoms with Crippen molar-refractivity contribution < 1.29 is 39.5 Å². The van der Waals surface area contributed by atoms with E-state index in [-0.39, 0.29) is 29.6 Å². The van der Waals surface area contributed by atoms with E-state index >= 15 is 0 Å². The largest absolute Gasteiger partial charge is 1.00 e. The van der Waals surface area contributed by atoms with Crippen molar-refractivity contribution in [2.75, 3.05) is 0 Å². The Balaban J connectivity index is 0.00000180. The van der Waals surface area contributed by atoms with Crippen LogP contribution in [0.2, 0.25) is 5.02 Å². The number of hydrogen-bond donors (Lipinski definition) is 0. The van der Waals surface area contributed by atoms with Crippen LogP contribution in [0.4, 0.5) is 0 Å². The summed E-state index contributed by atoms with van der Waals surface area (Å²) in [7, 11) is 0. The minimum absolute atomic E-state index is 0. The molecule has 1 aliphatic carbocycles. The van der Waals surface area contributed by atoms with E-state index in [9.17, 15) is 9.90 Å². The van der Waals surface area contributed by atoms with Gasteiger partial charge in [0.2, 0.25) is 0 Å². The Morgan fingerprint density at radius 1 is 1.26 bits per heavy atom. The van der Waals surface area contributed by atoms with Crippen molar-refractivity contribution >= 4 is 29.2 Å². The zero-order chi connectivity index (χ0) is 13.1. The monoisotopic (exact) mass is 308 g/mol. The van der Waals surface area contributed by atoms with Crippen molar-refractivity contribution in [3.8, 4) is 0 Å². The van der Waals surface area contributed by atoms with Gasteiger partial charge >= 0.3 is 29.6 Å². The molecule has 1 atom stereocenters. The first-order valence-electron chi connectivity index (χ1n) is 6.24. The Morgan fingerprint density at radius 3 is 2.42 bits per heavy atom. The van der Waals surface area contributed by atoms with Crippen LogP contribution in [0.25, 0.3) is 0 Å². The smallest absolute Gasteiger partial charge is 0.548 e. The maximum Gasteiger partial charge on any atom is 1.00 e. The Morgan fingerprint density at radius 2 is 1.89 bits per heavy atom. The summed E-state index contributed by atoms with van der Waals surface area (Å²) in [5.41, 5.74) is 1.60. The molecular formula is C14H15Cl2NaO2. The van der Waals surface area contributed by atoms with Crippen molar-refractivity contribution in [3.63, 3.8) is 0 Å². The van der Waals surface area contributed by atoms with Crippen molar-refractivity contribution in [2.45, 2.75) is 43.4 Å². The first kappa shape index (κ1) is 17.3. The van der Waals surface area contributed by atoms with Crippen LogP contribution in [0.5, 0.6) is 0 Å². The van der Waals surface area contributed by atoms with Crippen molar-refractivity contribution in [2.24, 2.45) is 0 Å². The van der Waals surface area contributed by atoms with E-state index in [1.165, 1.54) is 19.3 Å². The minimum atomic E-state index is -1.29. The van der Waals surface area contributed by atoms with Gasteiger partial charge in [0.05, 0.1) is 11.3 Å². The minimum Gasteiger partial charge on any atom is -0.548 e. The molecule has 5 heteroatoms. The maximum atomic E-state index is 10.7. The fraction of sp³-hybridized carbons (Fsp3) is 0.500. The number of aliphatic carboxylic acids is 1. The molecule has 98 valence electrons. The summed E-state index contributed by atoms with van der Waals surface area (Å²) < 4.78 is 0. The molecule has 2 rings (SSSR count). The van der Waals surface area contributed by atoms with Gasteiger partial charge in [0.15, 0.2) is 0 Å². The Labute approximate surface area is 145 Å². The second-order valence-corrected chi connectivity index (χ2v) is 5.64. The van der Waals surface area contributed by atoms with Gasteiger partial charge in [0.1, 0.15) is 0 Å². The van der Waals surface area contributed by atoms with Gasteiger partial charge in [0, 0.05) is 5.02 Å². The number of benzene rings is 1. The van der Waals surface area contributed by atoms with Gasteiger partial charge in [0.25, 0.3) is 0 Å². The van der Waals surface area contributed by atoms with Crippen LogP contribution in [0.1, 0.15) is 54.5 Å². The first-order chi connectivity index (χ1) is 8.59. The van der Waals surface area contributed by atoms with E-state index in [0.29, 0.717) is 16.5 Å². The Kier molecular flexibility index (Phi) is 7.20. The normalized spacial score (nSPS) is 17.6. The number of carboxylic acid groups (broad SMARTS) is 1. The second-order valence-electron chi connectivity index (χ2n) is 4.80. The molecule has 0 radical (unpaired) electrons. The van der Waals surface area contributed by atoms with Gasteiger partial charge in [-0.15, -0.1) is 11.6 Å². The first-order valence-corrected chi connectivity index (χ1v) is 7.05. The summed E-state index contributed by atoms with van der Waals surface area (Å²) in [6.07, 6.45) is 6.08. The van der Waals surface area contributed by atoms with E-state index in [0.717, 1.165) is 18.4 Å². The summed E-state index contributed by atoms with van der Waals surface area (Å²) in [5, 5.41) is 10.2. The Hall–Kier alpha value is 0.270. The van der Waals surface area contributed by atoms with Gasteiger partial charge in [-0.2, -0.15) is 0 Å². The average Bonchev–Trinajstić information content (AvgIpc) is 2.38. The summed E-state index contributed by atoms with van der Waals surface area (Å²) in [5.74, 6) is -0.796. The van der Waals surface area contributed by atoms with E-state index in [2.05, 4.69) is 0 Å². The second kappa shape index (κ2) is 7.90. The van der Waals surface area contributed by atoms with Crippen LogP contribution in [0.3, 0.4) is 0 Å². The summed E-state index contributed by atoms with van der Waals surface area (Å²) in [6, 6.07) is 5.30. The number of rotatable bonds is 3. The number of carbonyl (C=O) groups excluding carboxylic acids is 1. The number of alkyl halides is 1. The molecule has 0 N–H and O–H groups in total.